The molecule has 1 unspecified atom stereocenters. The van der Waals surface area contributed by atoms with Gasteiger partial charge in [-0.25, -0.2) is 0 Å². The summed E-state index contributed by atoms with van der Waals surface area (Å²) in [5.74, 6) is 0.851. The third-order valence-electron chi connectivity index (χ3n) is 5.23. The van der Waals surface area contributed by atoms with Gasteiger partial charge in [0.25, 0.3) is 5.89 Å². The largest absolute Gasteiger partial charge is 0.464 e. The number of carbonyl (C=O) groups is 1. The van der Waals surface area contributed by atoms with Crippen molar-refractivity contribution in [3.8, 4) is 11.4 Å². The van der Waals surface area contributed by atoms with E-state index in [2.05, 4.69) is 15.1 Å². The molecule has 8 heteroatoms. The molecule has 152 valence electrons. The Hall–Kier alpha value is -3.52. The van der Waals surface area contributed by atoms with Crippen LogP contribution in [0.5, 0.6) is 0 Å². The lowest BCUT2D eigenvalue weighted by molar-refractivity contribution is -0.139. The number of hydrogen-bond donors (Lipinski definition) is 0. The van der Waals surface area contributed by atoms with Gasteiger partial charge in [0.2, 0.25) is 11.7 Å². The maximum absolute atomic E-state index is 12.9. The first-order chi connectivity index (χ1) is 14.7. The highest BCUT2D eigenvalue weighted by Crippen LogP contribution is 2.26. The molecule has 1 saturated heterocycles. The highest BCUT2D eigenvalue weighted by Gasteiger charge is 2.30. The topological polar surface area (TPSA) is 94.5 Å². The lowest BCUT2D eigenvalue weighted by atomic mass is 10.1. The highest BCUT2D eigenvalue weighted by molar-refractivity contribution is 5.88. The fourth-order valence-electron chi connectivity index (χ4n) is 3.61. The molecule has 0 aliphatic carbocycles. The summed E-state index contributed by atoms with van der Waals surface area (Å²) in [4.78, 5) is 23.1. The minimum absolute atomic E-state index is 0.0143. The molecule has 1 aliphatic rings. The molecule has 1 amide bonds. The van der Waals surface area contributed by atoms with E-state index in [9.17, 15) is 4.79 Å². The van der Waals surface area contributed by atoms with Crippen LogP contribution < -0.4 is 0 Å². The van der Waals surface area contributed by atoms with E-state index in [-0.39, 0.29) is 12.3 Å². The summed E-state index contributed by atoms with van der Waals surface area (Å²) >= 11 is 0. The highest BCUT2D eigenvalue weighted by atomic mass is 16.5. The molecule has 0 radical (unpaired) electrons. The second-order valence-electron chi connectivity index (χ2n) is 7.33. The second-order valence-corrected chi connectivity index (χ2v) is 7.33. The molecule has 5 rings (SSSR count). The van der Waals surface area contributed by atoms with E-state index in [0.29, 0.717) is 31.4 Å². The van der Waals surface area contributed by atoms with Crippen molar-refractivity contribution in [3.63, 3.8) is 0 Å². The number of aromatic nitrogens is 3. The summed E-state index contributed by atoms with van der Waals surface area (Å²) in [6.45, 7) is 3.31. The van der Waals surface area contributed by atoms with Gasteiger partial charge in [-0.1, -0.05) is 17.3 Å². The minimum Gasteiger partial charge on any atom is -0.464 e. The zero-order chi connectivity index (χ0) is 20.5. The number of benzene rings is 1. The standard InChI is InChI=1S/C22H20N4O4/c1-14-2-3-17-16(13-29-18(17)10-14)11-20(27)26-8-9-28-19(12-26)22-24-21(25-30-22)15-4-6-23-7-5-15/h2-7,10,13,19H,8-9,11-12H2,1H3. The maximum Gasteiger partial charge on any atom is 0.257 e. The van der Waals surface area contributed by atoms with Crippen molar-refractivity contribution in [2.24, 2.45) is 0 Å². The fourth-order valence-corrected chi connectivity index (χ4v) is 3.61. The first-order valence-corrected chi connectivity index (χ1v) is 9.77. The van der Waals surface area contributed by atoms with E-state index in [0.717, 1.165) is 27.7 Å². The Labute approximate surface area is 172 Å². The van der Waals surface area contributed by atoms with Crippen LogP contribution in [0, 0.1) is 6.92 Å². The predicted octanol–water partition coefficient (Wildman–Crippen LogP) is 3.33. The summed E-state index contributed by atoms with van der Waals surface area (Å²) in [6.07, 6.45) is 4.83. The molecule has 30 heavy (non-hydrogen) atoms. The van der Waals surface area contributed by atoms with Gasteiger partial charge in [0.1, 0.15) is 5.58 Å². The van der Waals surface area contributed by atoms with Crippen LogP contribution in [0.3, 0.4) is 0 Å². The number of hydrogen-bond acceptors (Lipinski definition) is 7. The SMILES string of the molecule is Cc1ccc2c(CC(=O)N3CCOC(c4nc(-c5ccncc5)no4)C3)coc2c1. The summed E-state index contributed by atoms with van der Waals surface area (Å²) < 4.78 is 16.8. The van der Waals surface area contributed by atoms with Gasteiger partial charge in [-0.05, 0) is 30.7 Å². The Morgan fingerprint density at radius 2 is 2.10 bits per heavy atom. The third kappa shape index (κ3) is 3.57. The van der Waals surface area contributed by atoms with E-state index in [1.54, 1.807) is 23.6 Å². The first kappa shape index (κ1) is 18.5. The van der Waals surface area contributed by atoms with Gasteiger partial charge in [0.05, 0.1) is 25.8 Å². The molecule has 3 aromatic heterocycles. The number of nitrogens with zero attached hydrogens (tertiary/aromatic N) is 4. The summed E-state index contributed by atoms with van der Waals surface area (Å²) in [5, 5.41) is 4.99. The number of aryl methyl sites for hydroxylation is 1. The van der Waals surface area contributed by atoms with Crippen LogP contribution in [0.15, 0.2) is 57.9 Å². The molecule has 0 spiro atoms. The van der Waals surface area contributed by atoms with Crippen LogP contribution in [0.4, 0.5) is 0 Å². The molecular weight excluding hydrogens is 384 g/mol. The molecule has 1 aliphatic heterocycles. The average Bonchev–Trinajstić information content (AvgIpc) is 3.42. The molecule has 0 saturated carbocycles. The van der Waals surface area contributed by atoms with Crippen molar-refractivity contribution >= 4 is 16.9 Å². The van der Waals surface area contributed by atoms with Gasteiger partial charge in [-0.2, -0.15) is 4.98 Å². The Balaban J connectivity index is 1.29. The van der Waals surface area contributed by atoms with Gasteiger partial charge >= 0.3 is 0 Å². The monoisotopic (exact) mass is 404 g/mol. The fraction of sp³-hybridized carbons (Fsp3) is 0.273. The van der Waals surface area contributed by atoms with Gasteiger partial charge in [-0.15, -0.1) is 0 Å². The summed E-state index contributed by atoms with van der Waals surface area (Å²) in [5.41, 5.74) is 3.62. The van der Waals surface area contributed by atoms with Crippen LogP contribution in [-0.4, -0.2) is 45.6 Å². The third-order valence-corrected chi connectivity index (χ3v) is 5.23. The molecule has 4 heterocycles. The van der Waals surface area contributed by atoms with Crippen LogP contribution >= 0.6 is 0 Å². The van der Waals surface area contributed by atoms with E-state index in [1.165, 1.54) is 0 Å². The normalized spacial score (nSPS) is 16.8. The minimum atomic E-state index is -0.450. The van der Waals surface area contributed by atoms with E-state index in [4.69, 9.17) is 13.7 Å². The number of amides is 1. The van der Waals surface area contributed by atoms with E-state index in [1.807, 2.05) is 37.3 Å². The molecule has 1 fully saturated rings. The Morgan fingerprint density at radius 3 is 2.97 bits per heavy atom. The number of fused-ring (bicyclic) bond motifs is 1. The molecule has 8 nitrogen and oxygen atoms in total. The van der Waals surface area contributed by atoms with Crippen molar-refractivity contribution in [2.45, 2.75) is 19.4 Å². The number of pyridine rings is 1. The molecule has 1 aromatic carbocycles. The molecule has 4 aromatic rings. The zero-order valence-electron chi connectivity index (χ0n) is 16.4. The van der Waals surface area contributed by atoms with Crippen molar-refractivity contribution in [1.82, 2.24) is 20.0 Å². The molecule has 1 atom stereocenters. The second kappa shape index (κ2) is 7.72. The Morgan fingerprint density at radius 1 is 1.23 bits per heavy atom. The maximum atomic E-state index is 12.9. The smallest absolute Gasteiger partial charge is 0.257 e. The molecular formula is C22H20N4O4. The summed E-state index contributed by atoms with van der Waals surface area (Å²) in [6, 6.07) is 9.61. The van der Waals surface area contributed by atoms with Gasteiger partial charge in [-0.3, -0.25) is 9.78 Å². The van der Waals surface area contributed by atoms with Crippen molar-refractivity contribution in [1.29, 1.82) is 0 Å². The van der Waals surface area contributed by atoms with Gasteiger partial charge in [0.15, 0.2) is 6.10 Å². The number of furan rings is 1. The Bertz CT molecular complexity index is 1180. The van der Waals surface area contributed by atoms with Gasteiger partial charge in [0, 0.05) is 35.5 Å². The van der Waals surface area contributed by atoms with Crippen molar-refractivity contribution in [2.75, 3.05) is 19.7 Å². The van der Waals surface area contributed by atoms with E-state index < -0.39 is 6.10 Å². The molecule has 0 N–H and O–H groups in total. The predicted molar refractivity (Wildman–Crippen MR) is 107 cm³/mol. The number of morpholine rings is 1. The summed E-state index contributed by atoms with van der Waals surface area (Å²) in [7, 11) is 0. The van der Waals surface area contributed by atoms with E-state index >= 15 is 0 Å². The van der Waals surface area contributed by atoms with Crippen LogP contribution in [-0.2, 0) is 16.0 Å². The number of rotatable bonds is 4. The van der Waals surface area contributed by atoms with Gasteiger partial charge < -0.3 is 18.6 Å². The van der Waals surface area contributed by atoms with Crippen LogP contribution in [0.1, 0.15) is 23.1 Å². The number of ether oxygens (including phenoxy) is 1. The van der Waals surface area contributed by atoms with Crippen molar-refractivity contribution in [3.05, 3.63) is 66.0 Å². The quantitative estimate of drug-likeness (QED) is 0.515. The average molecular weight is 404 g/mol. The van der Waals surface area contributed by atoms with Crippen molar-refractivity contribution < 1.29 is 18.5 Å². The molecule has 0 bridgehead atoms. The Kier molecular flexibility index (Phi) is 4.76. The lowest BCUT2D eigenvalue weighted by Gasteiger charge is -2.31. The zero-order valence-corrected chi connectivity index (χ0v) is 16.4. The van der Waals surface area contributed by atoms with Crippen LogP contribution in [0.2, 0.25) is 0 Å². The van der Waals surface area contributed by atoms with Crippen LogP contribution in [0.25, 0.3) is 22.4 Å². The first-order valence-electron chi connectivity index (χ1n) is 9.77. The lowest BCUT2D eigenvalue weighted by Crippen LogP contribution is -2.43. The number of carbonyl (C=O) groups excluding carboxylic acids is 1.